The minimum atomic E-state index is -0.580. The summed E-state index contributed by atoms with van der Waals surface area (Å²) in [7, 11) is 0. The fraction of sp³-hybridized carbons (Fsp3) is 0.190. The van der Waals surface area contributed by atoms with Crippen molar-refractivity contribution in [1.29, 1.82) is 0 Å². The summed E-state index contributed by atoms with van der Waals surface area (Å²) in [5.41, 5.74) is 2.70. The Morgan fingerprint density at radius 2 is 1.78 bits per heavy atom. The first-order chi connectivity index (χ1) is 13.2. The monoisotopic (exact) mass is 360 g/mol. The molecule has 27 heavy (non-hydrogen) atoms. The van der Waals surface area contributed by atoms with Gasteiger partial charge in [-0.25, -0.2) is 4.79 Å². The first kappa shape index (κ1) is 17.0. The van der Waals surface area contributed by atoms with Crippen molar-refractivity contribution in [1.82, 2.24) is 9.97 Å². The molecule has 0 radical (unpaired) electrons. The van der Waals surface area contributed by atoms with Crippen molar-refractivity contribution in [2.75, 3.05) is 23.3 Å². The molecule has 2 heterocycles. The van der Waals surface area contributed by atoms with Crippen LogP contribution in [-0.4, -0.2) is 23.1 Å². The Morgan fingerprint density at radius 3 is 2.52 bits per heavy atom. The zero-order valence-corrected chi connectivity index (χ0v) is 15.3. The van der Waals surface area contributed by atoms with Crippen LogP contribution >= 0.6 is 0 Å². The molecule has 0 bridgehead atoms. The van der Waals surface area contributed by atoms with Crippen molar-refractivity contribution in [2.24, 2.45) is 0 Å². The smallest absolute Gasteiger partial charge is 0.372 e. The van der Waals surface area contributed by atoms with Crippen LogP contribution in [0.2, 0.25) is 0 Å². The lowest BCUT2D eigenvalue weighted by Gasteiger charge is -2.21. The standard InChI is InChI=1S/C21H20N4O2/c1-3-25(4-2)16-11-10-14-12-17-19(22-15-8-6-5-7-9-15)23-21(26)24-20(17)27-18(14)13-16/h5-13H,3-4H2,1-2H3,(H,22,23,26). The molecule has 2 aliphatic heterocycles. The summed E-state index contributed by atoms with van der Waals surface area (Å²) in [6, 6.07) is 17.6. The zero-order chi connectivity index (χ0) is 18.8. The zero-order valence-electron chi connectivity index (χ0n) is 15.3. The van der Waals surface area contributed by atoms with Gasteiger partial charge in [0.15, 0.2) is 0 Å². The number of fused-ring (bicyclic) bond motifs is 2. The molecule has 0 aliphatic carbocycles. The van der Waals surface area contributed by atoms with E-state index >= 15 is 0 Å². The van der Waals surface area contributed by atoms with E-state index < -0.39 is 5.69 Å². The van der Waals surface area contributed by atoms with E-state index in [9.17, 15) is 4.79 Å². The van der Waals surface area contributed by atoms with Crippen molar-refractivity contribution in [2.45, 2.75) is 13.8 Å². The number of anilines is 3. The number of para-hydroxylation sites is 1. The third-order valence-corrected chi connectivity index (χ3v) is 4.56. The Kier molecular flexibility index (Phi) is 4.46. The summed E-state index contributed by atoms with van der Waals surface area (Å²) >= 11 is 0. The molecule has 6 nitrogen and oxygen atoms in total. The van der Waals surface area contributed by atoms with Gasteiger partial charge in [0.1, 0.15) is 11.4 Å². The van der Waals surface area contributed by atoms with Crippen molar-refractivity contribution in [3.8, 4) is 11.5 Å². The molecule has 2 aliphatic rings. The summed E-state index contributed by atoms with van der Waals surface area (Å²) in [6.07, 6.45) is 0. The average Bonchev–Trinajstić information content (AvgIpc) is 2.68. The van der Waals surface area contributed by atoms with E-state index in [4.69, 9.17) is 4.42 Å². The summed E-state index contributed by atoms with van der Waals surface area (Å²) in [4.78, 5) is 22.2. The molecule has 6 heteroatoms. The van der Waals surface area contributed by atoms with Crippen molar-refractivity contribution >= 4 is 28.2 Å². The van der Waals surface area contributed by atoms with E-state index in [-0.39, 0.29) is 5.89 Å². The quantitative estimate of drug-likeness (QED) is 0.536. The van der Waals surface area contributed by atoms with Crippen LogP contribution in [0.25, 0.3) is 22.4 Å². The summed E-state index contributed by atoms with van der Waals surface area (Å²) in [6.45, 7) is 6.05. The summed E-state index contributed by atoms with van der Waals surface area (Å²) in [5.74, 6) is 0.715. The maximum atomic E-state index is 12.0. The number of nitrogens with zero attached hydrogens (tertiary/aromatic N) is 3. The van der Waals surface area contributed by atoms with Crippen molar-refractivity contribution in [3.63, 3.8) is 0 Å². The average molecular weight is 360 g/mol. The summed E-state index contributed by atoms with van der Waals surface area (Å²) < 4.78 is 5.97. The van der Waals surface area contributed by atoms with Gasteiger partial charge in [-0.3, -0.25) is 0 Å². The van der Waals surface area contributed by atoms with Gasteiger partial charge in [0.25, 0.3) is 0 Å². The highest BCUT2D eigenvalue weighted by Crippen LogP contribution is 2.33. The highest BCUT2D eigenvalue weighted by atomic mass is 16.3. The number of rotatable bonds is 5. The molecule has 0 aromatic heterocycles. The molecule has 0 amide bonds. The second-order valence-corrected chi connectivity index (χ2v) is 6.21. The Hall–Kier alpha value is -3.41. The minimum absolute atomic E-state index is 0.276. The molecule has 0 saturated heterocycles. The Balaban J connectivity index is 1.85. The van der Waals surface area contributed by atoms with Crippen LogP contribution in [-0.2, 0) is 0 Å². The van der Waals surface area contributed by atoms with Gasteiger partial charge < -0.3 is 14.6 Å². The Labute approximate surface area is 156 Å². The van der Waals surface area contributed by atoms with Gasteiger partial charge in [0, 0.05) is 35.9 Å². The fourth-order valence-corrected chi connectivity index (χ4v) is 3.17. The molecule has 0 fully saturated rings. The van der Waals surface area contributed by atoms with Crippen molar-refractivity contribution in [3.05, 3.63) is 65.1 Å². The number of nitrogens with one attached hydrogen (secondary N) is 1. The minimum Gasteiger partial charge on any atom is -0.437 e. The van der Waals surface area contributed by atoms with Gasteiger partial charge in [0.05, 0.1) is 5.56 Å². The number of hydrogen-bond donors (Lipinski definition) is 1. The van der Waals surface area contributed by atoms with Crippen molar-refractivity contribution < 1.29 is 4.42 Å². The van der Waals surface area contributed by atoms with E-state index in [1.165, 1.54) is 0 Å². The molecule has 0 spiro atoms. The molecule has 2 aromatic rings. The highest BCUT2D eigenvalue weighted by Gasteiger charge is 2.17. The number of benzene rings is 2. The van der Waals surface area contributed by atoms with Crippen LogP contribution in [0.5, 0.6) is 0 Å². The molecule has 136 valence electrons. The Morgan fingerprint density at radius 1 is 1.00 bits per heavy atom. The summed E-state index contributed by atoms with van der Waals surface area (Å²) in [5, 5.41) is 4.11. The van der Waals surface area contributed by atoms with Crippen LogP contribution in [0.1, 0.15) is 13.8 Å². The van der Waals surface area contributed by atoms with Crippen LogP contribution in [0.15, 0.2) is 63.8 Å². The van der Waals surface area contributed by atoms with E-state index in [2.05, 4.69) is 40.1 Å². The molecule has 0 unspecified atom stereocenters. The van der Waals surface area contributed by atoms with Gasteiger partial charge in [-0.1, -0.05) is 18.2 Å². The third kappa shape index (κ3) is 3.33. The molecule has 4 rings (SSSR count). The number of hydrogen-bond acceptors (Lipinski definition) is 6. The topological polar surface area (TPSA) is 71.3 Å². The second kappa shape index (κ2) is 7.07. The van der Waals surface area contributed by atoms with Gasteiger partial charge in [0.2, 0.25) is 5.89 Å². The van der Waals surface area contributed by atoms with Gasteiger partial charge in [-0.2, -0.15) is 9.97 Å². The van der Waals surface area contributed by atoms with E-state index in [1.54, 1.807) is 0 Å². The second-order valence-electron chi connectivity index (χ2n) is 6.21. The Bertz CT molecular complexity index is 1100. The predicted molar refractivity (Wildman–Crippen MR) is 108 cm³/mol. The third-order valence-electron chi connectivity index (χ3n) is 4.56. The lowest BCUT2D eigenvalue weighted by atomic mass is 10.1. The SMILES string of the molecule is CCN(CC)c1ccc2cc3c(Nc4ccccc4)nc(=O)nc-3oc2c1. The molecule has 0 saturated carbocycles. The van der Waals surface area contributed by atoms with E-state index in [0.717, 1.165) is 29.9 Å². The maximum absolute atomic E-state index is 12.0. The first-order valence-electron chi connectivity index (χ1n) is 9.00. The highest BCUT2D eigenvalue weighted by molar-refractivity contribution is 5.88. The molecule has 2 aromatic carbocycles. The van der Waals surface area contributed by atoms with Crippen LogP contribution in [0, 0.1) is 0 Å². The largest absolute Gasteiger partial charge is 0.437 e. The first-order valence-corrected chi connectivity index (χ1v) is 9.00. The van der Waals surface area contributed by atoms with Crippen LogP contribution in [0.4, 0.5) is 17.2 Å². The van der Waals surface area contributed by atoms with E-state index in [1.807, 2.05) is 48.5 Å². The molecule has 0 atom stereocenters. The number of aromatic nitrogens is 2. The van der Waals surface area contributed by atoms with Crippen LogP contribution < -0.4 is 15.9 Å². The fourth-order valence-electron chi connectivity index (χ4n) is 3.17. The maximum Gasteiger partial charge on any atom is 0.372 e. The van der Waals surface area contributed by atoms with Gasteiger partial charge >= 0.3 is 5.69 Å². The lowest BCUT2D eigenvalue weighted by molar-refractivity contribution is 0.594. The van der Waals surface area contributed by atoms with Crippen LogP contribution in [0.3, 0.4) is 0 Å². The van der Waals surface area contributed by atoms with Gasteiger partial charge in [-0.05, 0) is 44.2 Å². The molecular formula is C21H20N4O2. The normalized spacial score (nSPS) is 11.0. The van der Waals surface area contributed by atoms with Gasteiger partial charge in [-0.15, -0.1) is 0 Å². The molecular weight excluding hydrogens is 340 g/mol. The van der Waals surface area contributed by atoms with E-state index in [0.29, 0.717) is 17.0 Å². The predicted octanol–water partition coefficient (Wildman–Crippen LogP) is 4.28. The molecule has 1 N–H and O–H groups in total. The lowest BCUT2D eigenvalue weighted by Crippen LogP contribution is -2.21.